The molecule has 1 saturated carbocycles. The van der Waals surface area contributed by atoms with Gasteiger partial charge in [0.1, 0.15) is 5.15 Å². The standard InChI is InChI=1S/C15H16Cl2N2/c1-9-5-10(2)7-12(6-9)19-15(17)13(8-16)14(18-19)11-3-4-11/h5-7,11H,3-4,8H2,1-2H3. The first-order valence-corrected chi connectivity index (χ1v) is 7.43. The van der Waals surface area contributed by atoms with Gasteiger partial charge in [-0.1, -0.05) is 17.7 Å². The van der Waals surface area contributed by atoms with Crippen LogP contribution < -0.4 is 0 Å². The smallest absolute Gasteiger partial charge is 0.137 e. The van der Waals surface area contributed by atoms with Crippen LogP contribution in [0.3, 0.4) is 0 Å². The molecule has 0 amide bonds. The number of benzene rings is 1. The van der Waals surface area contributed by atoms with Crippen LogP contribution in [-0.4, -0.2) is 9.78 Å². The van der Waals surface area contributed by atoms with Crippen molar-refractivity contribution in [3.63, 3.8) is 0 Å². The Hall–Kier alpha value is -0.990. The van der Waals surface area contributed by atoms with Crippen LogP contribution in [0.5, 0.6) is 0 Å². The second-order valence-corrected chi connectivity index (χ2v) is 5.95. The predicted molar refractivity (Wildman–Crippen MR) is 79.6 cm³/mol. The van der Waals surface area contributed by atoms with Crippen molar-refractivity contribution in [2.24, 2.45) is 0 Å². The van der Waals surface area contributed by atoms with Crippen LogP contribution in [0.25, 0.3) is 5.69 Å². The van der Waals surface area contributed by atoms with Gasteiger partial charge in [-0.15, -0.1) is 11.6 Å². The van der Waals surface area contributed by atoms with Crippen molar-refractivity contribution in [3.05, 3.63) is 45.7 Å². The van der Waals surface area contributed by atoms with Crippen LogP contribution >= 0.6 is 23.2 Å². The zero-order valence-corrected chi connectivity index (χ0v) is 12.6. The molecule has 100 valence electrons. The highest BCUT2D eigenvalue weighted by molar-refractivity contribution is 6.31. The summed E-state index contributed by atoms with van der Waals surface area (Å²) in [4.78, 5) is 0. The van der Waals surface area contributed by atoms with E-state index in [2.05, 4.69) is 32.0 Å². The molecular formula is C15H16Cl2N2. The van der Waals surface area contributed by atoms with Crippen molar-refractivity contribution < 1.29 is 0 Å². The van der Waals surface area contributed by atoms with Gasteiger partial charge in [-0.3, -0.25) is 0 Å². The summed E-state index contributed by atoms with van der Waals surface area (Å²) >= 11 is 12.5. The maximum Gasteiger partial charge on any atom is 0.137 e. The van der Waals surface area contributed by atoms with E-state index in [0.29, 0.717) is 17.0 Å². The number of alkyl halides is 1. The average Bonchev–Trinajstić information content (AvgIpc) is 3.12. The van der Waals surface area contributed by atoms with E-state index in [0.717, 1.165) is 16.9 Å². The normalized spacial score (nSPS) is 14.9. The molecule has 0 saturated heterocycles. The largest absolute Gasteiger partial charge is 0.222 e. The summed E-state index contributed by atoms with van der Waals surface area (Å²) in [6.45, 7) is 4.16. The number of hydrogen-bond donors (Lipinski definition) is 0. The lowest BCUT2D eigenvalue weighted by Crippen LogP contribution is -1.98. The van der Waals surface area contributed by atoms with E-state index >= 15 is 0 Å². The van der Waals surface area contributed by atoms with Gasteiger partial charge in [0.2, 0.25) is 0 Å². The van der Waals surface area contributed by atoms with Crippen LogP contribution in [0.4, 0.5) is 0 Å². The van der Waals surface area contributed by atoms with Crippen molar-refractivity contribution in [2.75, 3.05) is 0 Å². The molecule has 1 aliphatic carbocycles. The molecule has 1 aromatic carbocycles. The fraction of sp³-hybridized carbons (Fsp3) is 0.400. The van der Waals surface area contributed by atoms with Gasteiger partial charge in [-0.05, 0) is 49.9 Å². The van der Waals surface area contributed by atoms with Crippen LogP contribution in [0, 0.1) is 13.8 Å². The Bertz CT molecular complexity index is 607. The second kappa shape index (κ2) is 4.84. The molecule has 2 aromatic rings. The van der Waals surface area contributed by atoms with Crippen molar-refractivity contribution >= 4 is 23.2 Å². The highest BCUT2D eigenvalue weighted by Gasteiger charge is 2.31. The summed E-state index contributed by atoms with van der Waals surface area (Å²) in [7, 11) is 0. The third-order valence-electron chi connectivity index (χ3n) is 3.50. The number of nitrogens with zero attached hydrogens (tertiary/aromatic N) is 2. The van der Waals surface area contributed by atoms with Crippen molar-refractivity contribution in [2.45, 2.75) is 38.5 Å². The Labute approximate surface area is 123 Å². The number of halogens is 2. The molecule has 19 heavy (non-hydrogen) atoms. The van der Waals surface area contributed by atoms with E-state index in [4.69, 9.17) is 28.3 Å². The lowest BCUT2D eigenvalue weighted by molar-refractivity contribution is 0.835. The van der Waals surface area contributed by atoms with Crippen molar-refractivity contribution in [3.8, 4) is 5.69 Å². The molecule has 0 aliphatic heterocycles. The number of aryl methyl sites for hydroxylation is 2. The molecular weight excluding hydrogens is 279 g/mol. The first kappa shape index (κ1) is 13.0. The summed E-state index contributed by atoms with van der Waals surface area (Å²) in [5, 5.41) is 5.35. The molecule has 4 heteroatoms. The fourth-order valence-electron chi connectivity index (χ4n) is 2.50. The number of hydrogen-bond acceptors (Lipinski definition) is 1. The molecule has 2 nitrogen and oxygen atoms in total. The summed E-state index contributed by atoms with van der Waals surface area (Å²) in [6.07, 6.45) is 2.40. The van der Waals surface area contributed by atoms with Crippen LogP contribution in [-0.2, 0) is 5.88 Å². The SMILES string of the molecule is Cc1cc(C)cc(-n2nc(C3CC3)c(CCl)c2Cl)c1. The van der Waals surface area contributed by atoms with Gasteiger partial charge in [-0.2, -0.15) is 5.10 Å². The van der Waals surface area contributed by atoms with E-state index in [-0.39, 0.29) is 0 Å². The van der Waals surface area contributed by atoms with Gasteiger partial charge < -0.3 is 0 Å². The van der Waals surface area contributed by atoms with Crippen LogP contribution in [0.2, 0.25) is 5.15 Å². The molecule has 0 bridgehead atoms. The highest BCUT2D eigenvalue weighted by atomic mass is 35.5. The molecule has 3 rings (SSSR count). The van der Waals surface area contributed by atoms with Gasteiger partial charge >= 0.3 is 0 Å². The number of aromatic nitrogens is 2. The minimum atomic E-state index is 0.426. The minimum Gasteiger partial charge on any atom is -0.222 e. The van der Waals surface area contributed by atoms with E-state index < -0.39 is 0 Å². The van der Waals surface area contributed by atoms with Gasteiger partial charge in [-0.25, -0.2) is 4.68 Å². The first-order valence-electron chi connectivity index (χ1n) is 6.52. The van der Waals surface area contributed by atoms with Gasteiger partial charge in [0, 0.05) is 11.5 Å². The topological polar surface area (TPSA) is 17.8 Å². The third-order valence-corrected chi connectivity index (χ3v) is 4.16. The maximum atomic E-state index is 6.46. The van der Waals surface area contributed by atoms with Crippen molar-refractivity contribution in [1.82, 2.24) is 9.78 Å². The lowest BCUT2D eigenvalue weighted by Gasteiger charge is -2.06. The Morgan fingerprint density at radius 1 is 1.21 bits per heavy atom. The molecule has 1 aliphatic rings. The quantitative estimate of drug-likeness (QED) is 0.747. The van der Waals surface area contributed by atoms with Crippen molar-refractivity contribution in [1.29, 1.82) is 0 Å². The predicted octanol–water partition coefficient (Wildman–Crippen LogP) is 4.76. The Morgan fingerprint density at radius 2 is 1.84 bits per heavy atom. The molecule has 0 atom stereocenters. The Balaban J connectivity index is 2.14. The molecule has 0 spiro atoms. The van der Waals surface area contributed by atoms with Crippen LogP contribution in [0.15, 0.2) is 18.2 Å². The third kappa shape index (κ3) is 2.39. The average molecular weight is 295 g/mol. The van der Waals surface area contributed by atoms with Gasteiger partial charge in [0.25, 0.3) is 0 Å². The van der Waals surface area contributed by atoms with E-state index in [1.165, 1.54) is 24.0 Å². The summed E-state index contributed by atoms with van der Waals surface area (Å²) in [6, 6.07) is 6.34. The zero-order chi connectivity index (χ0) is 13.6. The molecule has 0 N–H and O–H groups in total. The summed E-state index contributed by atoms with van der Waals surface area (Å²) in [5.41, 5.74) is 5.51. The fourth-order valence-corrected chi connectivity index (χ4v) is 3.13. The van der Waals surface area contributed by atoms with Gasteiger partial charge in [0.15, 0.2) is 0 Å². The van der Waals surface area contributed by atoms with Crippen LogP contribution in [0.1, 0.15) is 41.1 Å². The van der Waals surface area contributed by atoms with E-state index in [1.807, 2.05) is 4.68 Å². The summed E-state index contributed by atoms with van der Waals surface area (Å²) < 4.78 is 1.83. The first-order chi connectivity index (χ1) is 9.10. The van der Waals surface area contributed by atoms with Gasteiger partial charge in [0.05, 0.1) is 17.3 Å². The Kier molecular flexibility index (Phi) is 3.32. The molecule has 1 aromatic heterocycles. The zero-order valence-electron chi connectivity index (χ0n) is 11.1. The minimum absolute atomic E-state index is 0.426. The second-order valence-electron chi connectivity index (χ2n) is 5.32. The molecule has 1 heterocycles. The molecule has 1 fully saturated rings. The number of rotatable bonds is 3. The monoisotopic (exact) mass is 294 g/mol. The maximum absolute atomic E-state index is 6.46. The van der Waals surface area contributed by atoms with E-state index in [9.17, 15) is 0 Å². The molecule has 0 unspecified atom stereocenters. The lowest BCUT2D eigenvalue weighted by atomic mass is 10.1. The molecule has 0 radical (unpaired) electrons. The van der Waals surface area contributed by atoms with E-state index in [1.54, 1.807) is 0 Å². The summed E-state index contributed by atoms with van der Waals surface area (Å²) in [5.74, 6) is 0.980. The highest BCUT2D eigenvalue weighted by Crippen LogP contribution is 2.43. The Morgan fingerprint density at radius 3 is 2.37 bits per heavy atom.